The lowest BCUT2D eigenvalue weighted by Crippen LogP contribution is -2.38. The molecule has 10 heteroatoms. The molecule has 1 atom stereocenters. The minimum Gasteiger partial charge on any atom is -0.326 e. The van der Waals surface area contributed by atoms with E-state index in [4.69, 9.17) is 0 Å². The first-order chi connectivity index (χ1) is 12.6. The Morgan fingerprint density at radius 1 is 1.30 bits per heavy atom. The van der Waals surface area contributed by atoms with Crippen LogP contribution in [0.2, 0.25) is 0 Å². The lowest BCUT2D eigenvalue weighted by Gasteiger charge is -2.16. The summed E-state index contributed by atoms with van der Waals surface area (Å²) in [5, 5.41) is 5.13. The summed E-state index contributed by atoms with van der Waals surface area (Å²) in [5.41, 5.74) is 0.960. The lowest BCUT2D eigenvalue weighted by atomic mass is 10.1. The monoisotopic (exact) mass is 396 g/mol. The first-order valence-corrected chi connectivity index (χ1v) is 9.96. The molecule has 4 amide bonds. The van der Waals surface area contributed by atoms with E-state index in [0.29, 0.717) is 17.7 Å². The summed E-state index contributed by atoms with van der Waals surface area (Å²) >= 11 is 0. The van der Waals surface area contributed by atoms with Crippen LogP contribution in [0.25, 0.3) is 0 Å². The zero-order chi connectivity index (χ0) is 20.4. The second-order valence-corrected chi connectivity index (χ2v) is 8.68. The molecule has 148 valence electrons. The van der Waals surface area contributed by atoms with Crippen LogP contribution in [-0.2, 0) is 19.6 Å². The van der Waals surface area contributed by atoms with Gasteiger partial charge < -0.3 is 10.6 Å². The number of imide groups is 1. The molecule has 1 aliphatic rings. The Balaban J connectivity index is 2.14. The van der Waals surface area contributed by atoms with Crippen molar-refractivity contribution < 1.29 is 22.8 Å². The number of rotatable bonds is 7. The van der Waals surface area contributed by atoms with Gasteiger partial charge in [-0.25, -0.2) is 17.5 Å². The maximum absolute atomic E-state index is 12.3. The van der Waals surface area contributed by atoms with Gasteiger partial charge in [-0.1, -0.05) is 19.4 Å². The fraction of sp³-hybridized carbons (Fsp3) is 0.471. The summed E-state index contributed by atoms with van der Waals surface area (Å²) in [5.74, 6) is -1.02. The SMILES string of the molecule is CCCC1NC(=O)N(CC(=O)Nc2cc(S(=O)(=O)N(C)C)ccc2C)C1=O. The zero-order valence-electron chi connectivity index (χ0n) is 15.8. The molecule has 1 aliphatic heterocycles. The van der Waals surface area contributed by atoms with Crippen molar-refractivity contribution in [3.05, 3.63) is 23.8 Å². The second-order valence-electron chi connectivity index (χ2n) is 6.53. The molecule has 0 aliphatic carbocycles. The number of benzene rings is 1. The van der Waals surface area contributed by atoms with E-state index in [0.717, 1.165) is 15.6 Å². The van der Waals surface area contributed by atoms with Crippen LogP contribution in [-0.4, -0.2) is 62.2 Å². The highest BCUT2D eigenvalue weighted by Gasteiger charge is 2.38. The topological polar surface area (TPSA) is 116 Å². The summed E-state index contributed by atoms with van der Waals surface area (Å²) < 4.78 is 25.6. The van der Waals surface area contributed by atoms with E-state index in [9.17, 15) is 22.8 Å². The largest absolute Gasteiger partial charge is 0.326 e. The molecule has 0 spiro atoms. The Morgan fingerprint density at radius 2 is 1.96 bits per heavy atom. The molecule has 1 fully saturated rings. The van der Waals surface area contributed by atoms with Crippen molar-refractivity contribution in [2.45, 2.75) is 37.6 Å². The van der Waals surface area contributed by atoms with Gasteiger partial charge in [0.2, 0.25) is 15.9 Å². The van der Waals surface area contributed by atoms with Gasteiger partial charge in [0.15, 0.2) is 0 Å². The maximum atomic E-state index is 12.3. The van der Waals surface area contributed by atoms with Crippen molar-refractivity contribution in [2.24, 2.45) is 0 Å². The molecule has 1 unspecified atom stereocenters. The number of anilines is 1. The number of sulfonamides is 1. The summed E-state index contributed by atoms with van der Waals surface area (Å²) in [7, 11) is -0.823. The summed E-state index contributed by atoms with van der Waals surface area (Å²) in [6.07, 6.45) is 1.23. The molecule has 1 aromatic carbocycles. The van der Waals surface area contributed by atoms with Crippen LogP contribution in [0.5, 0.6) is 0 Å². The summed E-state index contributed by atoms with van der Waals surface area (Å²) in [4.78, 5) is 37.3. The van der Waals surface area contributed by atoms with Crippen LogP contribution in [0.3, 0.4) is 0 Å². The van der Waals surface area contributed by atoms with E-state index in [-0.39, 0.29) is 4.90 Å². The molecular formula is C17H24N4O5S. The van der Waals surface area contributed by atoms with Gasteiger partial charge in [0.1, 0.15) is 12.6 Å². The van der Waals surface area contributed by atoms with Crippen LogP contribution >= 0.6 is 0 Å². The molecule has 2 N–H and O–H groups in total. The standard InChI is InChI=1S/C17H24N4O5S/c1-5-6-13-16(23)21(17(24)19-13)10-15(22)18-14-9-12(8-7-11(14)2)27(25,26)20(3)4/h7-9,13H,5-6,10H2,1-4H3,(H,18,22)(H,19,24). The number of hydrogen-bond acceptors (Lipinski definition) is 5. The van der Waals surface area contributed by atoms with Gasteiger partial charge in [-0.05, 0) is 31.0 Å². The molecular weight excluding hydrogens is 372 g/mol. The summed E-state index contributed by atoms with van der Waals surface area (Å²) in [6, 6.07) is 3.18. The third-order valence-corrected chi connectivity index (χ3v) is 6.06. The molecule has 1 aromatic rings. The highest BCUT2D eigenvalue weighted by molar-refractivity contribution is 7.89. The average molecular weight is 396 g/mol. The number of nitrogens with zero attached hydrogens (tertiary/aromatic N) is 2. The van der Waals surface area contributed by atoms with Crippen molar-refractivity contribution in [1.29, 1.82) is 0 Å². The van der Waals surface area contributed by atoms with Crippen molar-refractivity contribution in [3.8, 4) is 0 Å². The molecule has 27 heavy (non-hydrogen) atoms. The summed E-state index contributed by atoms with van der Waals surface area (Å²) in [6.45, 7) is 3.17. The lowest BCUT2D eigenvalue weighted by molar-refractivity contribution is -0.130. The number of nitrogens with one attached hydrogen (secondary N) is 2. The second kappa shape index (κ2) is 8.05. The molecule has 9 nitrogen and oxygen atoms in total. The fourth-order valence-electron chi connectivity index (χ4n) is 2.65. The van der Waals surface area contributed by atoms with Gasteiger partial charge in [0.05, 0.1) is 4.90 Å². The molecule has 0 radical (unpaired) electrons. The molecule has 0 aromatic heterocycles. The third kappa shape index (κ3) is 4.45. The normalized spacial score (nSPS) is 17.4. The minimum atomic E-state index is -3.65. The van der Waals surface area contributed by atoms with Crippen molar-refractivity contribution in [1.82, 2.24) is 14.5 Å². The predicted molar refractivity (Wildman–Crippen MR) is 99.6 cm³/mol. The Bertz CT molecular complexity index is 866. The van der Waals surface area contributed by atoms with Crippen molar-refractivity contribution in [3.63, 3.8) is 0 Å². The Hall–Kier alpha value is -2.46. The van der Waals surface area contributed by atoms with Crippen LogP contribution in [0.15, 0.2) is 23.1 Å². The van der Waals surface area contributed by atoms with Gasteiger partial charge in [-0.3, -0.25) is 14.5 Å². The highest BCUT2D eigenvalue weighted by Crippen LogP contribution is 2.22. The highest BCUT2D eigenvalue weighted by atomic mass is 32.2. The van der Waals surface area contributed by atoms with Gasteiger partial charge in [0, 0.05) is 19.8 Å². The zero-order valence-corrected chi connectivity index (χ0v) is 16.6. The number of aryl methyl sites for hydroxylation is 1. The number of amides is 4. The van der Waals surface area contributed by atoms with E-state index in [1.165, 1.54) is 26.2 Å². The van der Waals surface area contributed by atoms with Crippen molar-refractivity contribution in [2.75, 3.05) is 26.0 Å². The van der Waals surface area contributed by atoms with Crippen LogP contribution < -0.4 is 10.6 Å². The molecule has 0 bridgehead atoms. The predicted octanol–water partition coefficient (Wildman–Crippen LogP) is 0.904. The number of carbonyl (C=O) groups excluding carboxylic acids is 3. The van der Waals surface area contributed by atoms with E-state index in [2.05, 4.69) is 10.6 Å². The fourth-order valence-corrected chi connectivity index (χ4v) is 3.58. The molecule has 1 saturated heterocycles. The van der Waals surface area contributed by atoms with Crippen LogP contribution in [0.1, 0.15) is 25.3 Å². The Labute approximate surface area is 158 Å². The van der Waals surface area contributed by atoms with E-state index < -0.39 is 40.5 Å². The van der Waals surface area contributed by atoms with Gasteiger partial charge in [-0.2, -0.15) is 0 Å². The molecule has 2 rings (SSSR count). The molecule has 1 heterocycles. The third-order valence-electron chi connectivity index (χ3n) is 4.25. The first kappa shape index (κ1) is 20.8. The van der Waals surface area contributed by atoms with E-state index in [1.54, 1.807) is 13.0 Å². The number of urea groups is 1. The average Bonchev–Trinajstić information content (AvgIpc) is 2.84. The van der Waals surface area contributed by atoms with E-state index >= 15 is 0 Å². The smallest absolute Gasteiger partial charge is 0.325 e. The quantitative estimate of drug-likeness (QED) is 0.665. The van der Waals surface area contributed by atoms with Gasteiger partial charge in [0.25, 0.3) is 5.91 Å². The van der Waals surface area contributed by atoms with Crippen LogP contribution in [0, 0.1) is 6.92 Å². The number of hydrogen-bond donors (Lipinski definition) is 2. The van der Waals surface area contributed by atoms with Crippen LogP contribution in [0.4, 0.5) is 10.5 Å². The Morgan fingerprint density at radius 3 is 2.56 bits per heavy atom. The Kier molecular flexibility index (Phi) is 6.22. The minimum absolute atomic E-state index is 0.0337. The van der Waals surface area contributed by atoms with Gasteiger partial charge in [-0.15, -0.1) is 0 Å². The maximum Gasteiger partial charge on any atom is 0.325 e. The first-order valence-electron chi connectivity index (χ1n) is 8.52. The molecule has 0 saturated carbocycles. The van der Waals surface area contributed by atoms with Gasteiger partial charge >= 0.3 is 6.03 Å². The van der Waals surface area contributed by atoms with Crippen molar-refractivity contribution >= 4 is 33.6 Å². The van der Waals surface area contributed by atoms with E-state index in [1.807, 2.05) is 6.92 Å². The number of carbonyl (C=O) groups is 3.